The fourth-order valence-electron chi connectivity index (χ4n) is 1.22. The standard InChI is InChI=1S/C11H12N2O3/c1-3-4-11(14)12-9-6-5-8(2)10(7-9)13(15)16/h3-7H,1-2H3,(H,12,14)/b4-3+. The van der Waals surface area contributed by atoms with Gasteiger partial charge in [0.05, 0.1) is 4.92 Å². The molecule has 0 fully saturated rings. The van der Waals surface area contributed by atoms with Crippen LogP contribution in [0.5, 0.6) is 0 Å². The van der Waals surface area contributed by atoms with Gasteiger partial charge in [0.25, 0.3) is 5.69 Å². The first kappa shape index (κ1) is 11.9. The molecule has 5 nitrogen and oxygen atoms in total. The number of hydrogen-bond acceptors (Lipinski definition) is 3. The average molecular weight is 220 g/mol. The average Bonchev–Trinajstić information content (AvgIpc) is 2.21. The van der Waals surface area contributed by atoms with Gasteiger partial charge in [0, 0.05) is 17.3 Å². The maximum atomic E-state index is 11.2. The van der Waals surface area contributed by atoms with E-state index in [0.29, 0.717) is 11.3 Å². The van der Waals surface area contributed by atoms with Gasteiger partial charge in [-0.25, -0.2) is 0 Å². The lowest BCUT2D eigenvalue weighted by atomic mass is 10.2. The number of amides is 1. The van der Waals surface area contributed by atoms with Gasteiger partial charge < -0.3 is 5.32 Å². The fraction of sp³-hybridized carbons (Fsp3) is 0.182. The van der Waals surface area contributed by atoms with Gasteiger partial charge in [-0.2, -0.15) is 0 Å². The molecule has 0 heterocycles. The highest BCUT2D eigenvalue weighted by atomic mass is 16.6. The Morgan fingerprint density at radius 3 is 2.75 bits per heavy atom. The largest absolute Gasteiger partial charge is 0.322 e. The van der Waals surface area contributed by atoms with Crippen molar-refractivity contribution in [1.82, 2.24) is 0 Å². The van der Waals surface area contributed by atoms with Gasteiger partial charge in [-0.15, -0.1) is 0 Å². The van der Waals surface area contributed by atoms with Gasteiger partial charge in [0.15, 0.2) is 0 Å². The quantitative estimate of drug-likeness (QED) is 0.483. The molecule has 5 heteroatoms. The summed E-state index contributed by atoms with van der Waals surface area (Å²) in [5, 5.41) is 13.2. The molecule has 0 aliphatic carbocycles. The second-order valence-corrected chi connectivity index (χ2v) is 3.25. The number of rotatable bonds is 3. The third kappa shape index (κ3) is 2.91. The van der Waals surface area contributed by atoms with E-state index in [4.69, 9.17) is 0 Å². The Morgan fingerprint density at radius 1 is 1.50 bits per heavy atom. The van der Waals surface area contributed by atoms with Crippen molar-refractivity contribution in [3.63, 3.8) is 0 Å². The molecule has 1 N–H and O–H groups in total. The molecule has 84 valence electrons. The molecule has 0 saturated heterocycles. The maximum Gasteiger partial charge on any atom is 0.274 e. The van der Waals surface area contributed by atoms with Crippen LogP contribution in [0.3, 0.4) is 0 Å². The number of allylic oxidation sites excluding steroid dienone is 1. The van der Waals surface area contributed by atoms with E-state index < -0.39 is 4.92 Å². The minimum absolute atomic E-state index is 0.00159. The summed E-state index contributed by atoms with van der Waals surface area (Å²) >= 11 is 0. The second-order valence-electron chi connectivity index (χ2n) is 3.25. The minimum atomic E-state index is -0.472. The number of carbonyl (C=O) groups excluding carboxylic acids is 1. The molecule has 0 radical (unpaired) electrons. The molecule has 1 aromatic carbocycles. The predicted molar refractivity (Wildman–Crippen MR) is 61.3 cm³/mol. The van der Waals surface area contributed by atoms with E-state index in [2.05, 4.69) is 5.32 Å². The van der Waals surface area contributed by atoms with Crippen molar-refractivity contribution in [2.45, 2.75) is 13.8 Å². The number of nitro groups is 1. The monoisotopic (exact) mass is 220 g/mol. The summed E-state index contributed by atoms with van der Waals surface area (Å²) in [5.74, 6) is -0.305. The SMILES string of the molecule is C/C=C/C(=O)Nc1ccc(C)c([N+](=O)[O-])c1. The number of hydrogen-bond donors (Lipinski definition) is 1. The van der Waals surface area contributed by atoms with E-state index in [1.54, 1.807) is 32.1 Å². The van der Waals surface area contributed by atoms with Crippen molar-refractivity contribution in [1.29, 1.82) is 0 Å². The maximum absolute atomic E-state index is 11.2. The summed E-state index contributed by atoms with van der Waals surface area (Å²) in [5.41, 5.74) is 0.979. The third-order valence-electron chi connectivity index (χ3n) is 1.99. The van der Waals surface area contributed by atoms with Crippen LogP contribution in [0.4, 0.5) is 11.4 Å². The van der Waals surface area contributed by atoms with Crippen LogP contribution in [0.1, 0.15) is 12.5 Å². The lowest BCUT2D eigenvalue weighted by molar-refractivity contribution is -0.385. The molecule has 16 heavy (non-hydrogen) atoms. The first-order valence-corrected chi connectivity index (χ1v) is 4.73. The van der Waals surface area contributed by atoms with E-state index in [1.165, 1.54) is 12.1 Å². The number of benzene rings is 1. The number of nitrogens with one attached hydrogen (secondary N) is 1. The highest BCUT2D eigenvalue weighted by Gasteiger charge is 2.11. The molecule has 0 spiro atoms. The van der Waals surface area contributed by atoms with Gasteiger partial charge in [0.1, 0.15) is 0 Å². The predicted octanol–water partition coefficient (Wildman–Crippen LogP) is 2.42. The summed E-state index contributed by atoms with van der Waals surface area (Å²) in [6.07, 6.45) is 2.95. The van der Waals surface area contributed by atoms with E-state index in [-0.39, 0.29) is 11.6 Å². The Bertz CT molecular complexity index is 453. The molecule has 0 bridgehead atoms. The molecule has 0 saturated carbocycles. The highest BCUT2D eigenvalue weighted by Crippen LogP contribution is 2.22. The van der Waals surface area contributed by atoms with Gasteiger partial charge >= 0.3 is 0 Å². The normalized spacial score (nSPS) is 10.4. The van der Waals surface area contributed by atoms with Gasteiger partial charge in [0.2, 0.25) is 5.91 Å². The van der Waals surface area contributed by atoms with E-state index in [0.717, 1.165) is 0 Å². The van der Waals surface area contributed by atoms with Crippen LogP contribution < -0.4 is 5.32 Å². The molecule has 0 unspecified atom stereocenters. The van der Waals surface area contributed by atoms with Gasteiger partial charge in [-0.3, -0.25) is 14.9 Å². The Labute approximate surface area is 92.9 Å². The number of anilines is 1. The first-order chi connectivity index (χ1) is 7.54. The van der Waals surface area contributed by atoms with Gasteiger partial charge in [-0.05, 0) is 26.0 Å². The van der Waals surface area contributed by atoms with E-state index >= 15 is 0 Å². The molecule has 1 rings (SSSR count). The van der Waals surface area contributed by atoms with Crippen LogP contribution in [0, 0.1) is 17.0 Å². The molecular weight excluding hydrogens is 208 g/mol. The van der Waals surface area contributed by atoms with Crippen LogP contribution >= 0.6 is 0 Å². The molecule has 0 aliphatic heterocycles. The topological polar surface area (TPSA) is 72.2 Å². The first-order valence-electron chi connectivity index (χ1n) is 4.73. The minimum Gasteiger partial charge on any atom is -0.322 e. The summed E-state index contributed by atoms with van der Waals surface area (Å²) in [6, 6.07) is 4.57. The van der Waals surface area contributed by atoms with E-state index in [9.17, 15) is 14.9 Å². The highest BCUT2D eigenvalue weighted by molar-refractivity contribution is 5.99. The smallest absolute Gasteiger partial charge is 0.274 e. The summed E-state index contributed by atoms with van der Waals surface area (Å²) < 4.78 is 0. The second kappa shape index (κ2) is 5.06. The van der Waals surface area contributed by atoms with Crippen LogP contribution in [0.25, 0.3) is 0 Å². The van der Waals surface area contributed by atoms with Crippen molar-refractivity contribution in [2.75, 3.05) is 5.32 Å². The van der Waals surface area contributed by atoms with Crippen LogP contribution in [-0.4, -0.2) is 10.8 Å². The zero-order chi connectivity index (χ0) is 12.1. The number of nitro benzene ring substituents is 1. The van der Waals surface area contributed by atoms with Crippen molar-refractivity contribution in [3.8, 4) is 0 Å². The summed E-state index contributed by atoms with van der Waals surface area (Å²) in [4.78, 5) is 21.4. The van der Waals surface area contributed by atoms with Crippen LogP contribution in [-0.2, 0) is 4.79 Å². The Hall–Kier alpha value is -2.17. The zero-order valence-electron chi connectivity index (χ0n) is 9.06. The number of carbonyl (C=O) groups is 1. The molecule has 0 atom stereocenters. The van der Waals surface area contributed by atoms with Crippen molar-refractivity contribution in [3.05, 3.63) is 46.0 Å². The van der Waals surface area contributed by atoms with Gasteiger partial charge in [-0.1, -0.05) is 12.1 Å². The molecule has 0 aromatic heterocycles. The lowest BCUT2D eigenvalue weighted by Gasteiger charge is -2.03. The zero-order valence-corrected chi connectivity index (χ0v) is 9.06. The van der Waals surface area contributed by atoms with E-state index in [1.807, 2.05) is 0 Å². The molecule has 1 aromatic rings. The Balaban J connectivity index is 2.95. The number of nitrogens with zero attached hydrogens (tertiary/aromatic N) is 1. The van der Waals surface area contributed by atoms with Crippen molar-refractivity contribution < 1.29 is 9.72 Å². The third-order valence-corrected chi connectivity index (χ3v) is 1.99. The Morgan fingerprint density at radius 2 is 2.19 bits per heavy atom. The number of aryl methyl sites for hydroxylation is 1. The molecular formula is C11H12N2O3. The van der Waals surface area contributed by atoms with Crippen LogP contribution in [0.15, 0.2) is 30.4 Å². The van der Waals surface area contributed by atoms with Crippen molar-refractivity contribution >= 4 is 17.3 Å². The Kier molecular flexibility index (Phi) is 3.77. The van der Waals surface area contributed by atoms with Crippen LogP contribution in [0.2, 0.25) is 0 Å². The molecule has 0 aliphatic rings. The summed E-state index contributed by atoms with van der Waals surface area (Å²) in [6.45, 7) is 3.37. The molecule has 1 amide bonds. The van der Waals surface area contributed by atoms with Crippen molar-refractivity contribution in [2.24, 2.45) is 0 Å². The summed E-state index contributed by atoms with van der Waals surface area (Å²) in [7, 11) is 0. The fourth-order valence-corrected chi connectivity index (χ4v) is 1.22. The lowest BCUT2D eigenvalue weighted by Crippen LogP contribution is -2.08.